The number of hydrogen-bond donors (Lipinski definition) is 0. The van der Waals surface area contributed by atoms with Gasteiger partial charge in [0.1, 0.15) is 0 Å². The maximum atomic E-state index is 5.98. The number of nitrogens with zero attached hydrogens (tertiary/aromatic N) is 4. The van der Waals surface area contributed by atoms with Crippen molar-refractivity contribution >= 4 is 5.95 Å². The molecule has 0 aromatic carbocycles. The van der Waals surface area contributed by atoms with Crippen LogP contribution in [0.2, 0.25) is 0 Å². The van der Waals surface area contributed by atoms with Crippen LogP contribution in [-0.2, 0) is 16.1 Å². The van der Waals surface area contributed by atoms with Crippen molar-refractivity contribution in [1.82, 2.24) is 15.0 Å². The van der Waals surface area contributed by atoms with Crippen molar-refractivity contribution in [3.05, 3.63) is 48.5 Å². The van der Waals surface area contributed by atoms with E-state index < -0.39 is 0 Å². The third kappa shape index (κ3) is 2.92. The average molecular weight is 312 g/mol. The van der Waals surface area contributed by atoms with Crippen LogP contribution in [0.25, 0.3) is 0 Å². The number of fused-ring (bicyclic) bond motifs is 1. The molecule has 0 amide bonds. The molecule has 0 bridgehead atoms. The third-order valence-corrected chi connectivity index (χ3v) is 4.72. The van der Waals surface area contributed by atoms with Crippen LogP contribution < -0.4 is 4.90 Å². The molecule has 2 aromatic heterocycles. The van der Waals surface area contributed by atoms with Gasteiger partial charge in [-0.1, -0.05) is 6.07 Å². The predicted octanol–water partition coefficient (Wildman–Crippen LogP) is 1.54. The Hall–Kier alpha value is -2.05. The van der Waals surface area contributed by atoms with Crippen LogP contribution in [0.1, 0.15) is 5.69 Å². The standard InChI is InChI=1S/C17H20N4O2/c1-2-5-18-15(4-1)10-23-13-17-11-21(8-14(17)9-22-12-17)16-19-6-3-7-20-16/h1-7,14H,8-13H2/t14-,17+/m1/s1. The highest BCUT2D eigenvalue weighted by molar-refractivity contribution is 5.33. The minimum absolute atomic E-state index is 0.0357. The second-order valence-electron chi connectivity index (χ2n) is 6.32. The Kier molecular flexibility index (Phi) is 3.93. The van der Waals surface area contributed by atoms with E-state index in [4.69, 9.17) is 9.47 Å². The zero-order valence-electron chi connectivity index (χ0n) is 13.0. The number of ether oxygens (including phenoxy) is 2. The second kappa shape index (κ2) is 6.22. The average Bonchev–Trinajstić information content (AvgIpc) is 3.14. The fraction of sp³-hybridized carbons (Fsp3) is 0.471. The van der Waals surface area contributed by atoms with Gasteiger partial charge >= 0.3 is 0 Å². The number of hydrogen-bond acceptors (Lipinski definition) is 6. The van der Waals surface area contributed by atoms with Gasteiger partial charge in [-0.15, -0.1) is 0 Å². The highest BCUT2D eigenvalue weighted by Gasteiger charge is 2.51. The smallest absolute Gasteiger partial charge is 0.225 e. The van der Waals surface area contributed by atoms with Gasteiger partial charge in [0.05, 0.1) is 32.1 Å². The van der Waals surface area contributed by atoms with E-state index in [0.29, 0.717) is 19.1 Å². The molecule has 2 aliphatic heterocycles. The van der Waals surface area contributed by atoms with Crippen LogP contribution in [-0.4, -0.2) is 47.9 Å². The van der Waals surface area contributed by atoms with Gasteiger partial charge in [0.2, 0.25) is 5.95 Å². The first-order chi connectivity index (χ1) is 11.4. The zero-order chi connectivity index (χ0) is 15.5. The summed E-state index contributed by atoms with van der Waals surface area (Å²) in [5, 5.41) is 0. The van der Waals surface area contributed by atoms with E-state index in [2.05, 4.69) is 19.9 Å². The van der Waals surface area contributed by atoms with Crippen LogP contribution in [0.5, 0.6) is 0 Å². The van der Waals surface area contributed by atoms with Crippen molar-refractivity contribution in [2.75, 3.05) is 37.8 Å². The number of anilines is 1. The lowest BCUT2D eigenvalue weighted by atomic mass is 9.82. The van der Waals surface area contributed by atoms with Crippen molar-refractivity contribution in [1.29, 1.82) is 0 Å². The molecule has 0 spiro atoms. The predicted molar refractivity (Wildman–Crippen MR) is 84.9 cm³/mol. The minimum Gasteiger partial charge on any atom is -0.380 e. The first kappa shape index (κ1) is 14.5. The van der Waals surface area contributed by atoms with E-state index in [1.165, 1.54) is 0 Å². The maximum absolute atomic E-state index is 5.98. The van der Waals surface area contributed by atoms with Gasteiger partial charge in [-0.25, -0.2) is 9.97 Å². The van der Waals surface area contributed by atoms with Gasteiger partial charge in [-0.2, -0.15) is 0 Å². The summed E-state index contributed by atoms with van der Waals surface area (Å²) in [7, 11) is 0. The lowest BCUT2D eigenvalue weighted by Gasteiger charge is -2.26. The summed E-state index contributed by atoms with van der Waals surface area (Å²) in [5.74, 6) is 1.26. The van der Waals surface area contributed by atoms with Crippen molar-refractivity contribution < 1.29 is 9.47 Å². The Morgan fingerprint density at radius 2 is 2.04 bits per heavy atom. The molecule has 6 heteroatoms. The van der Waals surface area contributed by atoms with Gasteiger partial charge in [0.25, 0.3) is 0 Å². The van der Waals surface area contributed by atoms with E-state index in [1.54, 1.807) is 18.6 Å². The molecule has 0 aliphatic carbocycles. The lowest BCUT2D eigenvalue weighted by molar-refractivity contribution is 0.0250. The summed E-state index contributed by atoms with van der Waals surface area (Å²) in [6, 6.07) is 7.72. The highest BCUT2D eigenvalue weighted by Crippen LogP contribution is 2.42. The molecule has 0 radical (unpaired) electrons. The molecule has 6 nitrogen and oxygen atoms in total. The van der Waals surface area contributed by atoms with Crippen molar-refractivity contribution in [2.24, 2.45) is 11.3 Å². The first-order valence-electron chi connectivity index (χ1n) is 7.93. The van der Waals surface area contributed by atoms with Gasteiger partial charge in [0, 0.05) is 43.0 Å². The van der Waals surface area contributed by atoms with Gasteiger partial charge in [-0.3, -0.25) is 4.98 Å². The van der Waals surface area contributed by atoms with E-state index >= 15 is 0 Å². The van der Waals surface area contributed by atoms with Crippen molar-refractivity contribution in [2.45, 2.75) is 6.61 Å². The van der Waals surface area contributed by atoms with Crippen LogP contribution in [0.3, 0.4) is 0 Å². The van der Waals surface area contributed by atoms with Crippen LogP contribution in [0.15, 0.2) is 42.9 Å². The number of rotatable bonds is 5. The van der Waals surface area contributed by atoms with E-state index in [0.717, 1.165) is 37.9 Å². The van der Waals surface area contributed by atoms with Crippen molar-refractivity contribution in [3.63, 3.8) is 0 Å². The summed E-state index contributed by atoms with van der Waals surface area (Å²) < 4.78 is 11.7. The van der Waals surface area contributed by atoms with Crippen LogP contribution in [0, 0.1) is 11.3 Å². The summed E-state index contributed by atoms with van der Waals surface area (Å²) in [6.07, 6.45) is 5.37. The lowest BCUT2D eigenvalue weighted by Crippen LogP contribution is -2.36. The Bertz CT molecular complexity index is 640. The van der Waals surface area contributed by atoms with Crippen LogP contribution >= 0.6 is 0 Å². The SMILES string of the molecule is c1ccc(COC[C@]23COC[C@H]2CN(c2ncccn2)C3)nc1. The molecule has 23 heavy (non-hydrogen) atoms. The molecule has 2 atom stereocenters. The summed E-state index contributed by atoms with van der Waals surface area (Å²) in [5.41, 5.74) is 0.995. The fourth-order valence-corrected chi connectivity index (χ4v) is 3.49. The molecule has 2 fully saturated rings. The molecule has 2 aliphatic rings. The second-order valence-corrected chi connectivity index (χ2v) is 6.32. The Balaban J connectivity index is 1.41. The molecular formula is C17H20N4O2. The van der Waals surface area contributed by atoms with Crippen molar-refractivity contribution in [3.8, 4) is 0 Å². The highest BCUT2D eigenvalue weighted by atomic mass is 16.5. The molecule has 120 valence electrons. The Labute approximate surface area is 135 Å². The Morgan fingerprint density at radius 1 is 1.17 bits per heavy atom. The third-order valence-electron chi connectivity index (χ3n) is 4.72. The number of aromatic nitrogens is 3. The monoisotopic (exact) mass is 312 g/mol. The van der Waals surface area contributed by atoms with E-state index in [-0.39, 0.29) is 5.41 Å². The fourth-order valence-electron chi connectivity index (χ4n) is 3.49. The molecule has 0 saturated carbocycles. The van der Waals surface area contributed by atoms with Crippen LogP contribution in [0.4, 0.5) is 5.95 Å². The molecule has 0 unspecified atom stereocenters. The largest absolute Gasteiger partial charge is 0.380 e. The quantitative estimate of drug-likeness (QED) is 0.835. The van der Waals surface area contributed by atoms with Gasteiger partial charge < -0.3 is 14.4 Å². The molecule has 2 saturated heterocycles. The van der Waals surface area contributed by atoms with E-state index in [1.807, 2.05) is 24.3 Å². The summed E-state index contributed by atoms with van der Waals surface area (Å²) in [6.45, 7) is 4.55. The van der Waals surface area contributed by atoms with Gasteiger partial charge in [0.15, 0.2) is 0 Å². The number of pyridine rings is 1. The summed E-state index contributed by atoms with van der Waals surface area (Å²) in [4.78, 5) is 15.3. The topological polar surface area (TPSA) is 60.4 Å². The summed E-state index contributed by atoms with van der Waals surface area (Å²) >= 11 is 0. The van der Waals surface area contributed by atoms with Gasteiger partial charge in [-0.05, 0) is 18.2 Å². The molecule has 4 rings (SSSR count). The minimum atomic E-state index is 0.0357. The molecule has 4 heterocycles. The van der Waals surface area contributed by atoms with E-state index in [9.17, 15) is 0 Å². The molecular weight excluding hydrogens is 292 g/mol. The molecule has 0 N–H and O–H groups in total. The first-order valence-corrected chi connectivity index (χ1v) is 7.93. The maximum Gasteiger partial charge on any atom is 0.225 e. The normalized spacial score (nSPS) is 26.4. The Morgan fingerprint density at radius 3 is 2.87 bits per heavy atom. The zero-order valence-corrected chi connectivity index (χ0v) is 13.0. The molecule has 2 aromatic rings.